The Kier molecular flexibility index (Phi) is 2.03. The summed E-state index contributed by atoms with van der Waals surface area (Å²) in [5.41, 5.74) is 1.80. The summed E-state index contributed by atoms with van der Waals surface area (Å²) in [4.78, 5) is 12.5. The lowest BCUT2D eigenvalue weighted by molar-refractivity contribution is 0.653. The number of oxazole rings is 1. The molecule has 0 unspecified atom stereocenters. The molecule has 2 heterocycles. The summed E-state index contributed by atoms with van der Waals surface area (Å²) >= 11 is 5.94. The summed E-state index contributed by atoms with van der Waals surface area (Å²) in [6.45, 7) is 0. The average Bonchev–Trinajstić information content (AvgIpc) is 2.76. The van der Waals surface area contributed by atoms with Crippen molar-refractivity contribution >= 4 is 39.2 Å². The van der Waals surface area contributed by atoms with E-state index in [1.54, 1.807) is 22.6 Å². The summed E-state index contributed by atoms with van der Waals surface area (Å²) < 4.78 is 7.28. The molecule has 0 radical (unpaired) electrons. The predicted molar refractivity (Wildman–Crippen MR) is 76.0 cm³/mol. The van der Waals surface area contributed by atoms with Crippen molar-refractivity contribution in [2.75, 3.05) is 0 Å². The van der Waals surface area contributed by atoms with E-state index in [2.05, 4.69) is 0 Å². The fraction of sp³-hybridized carbons (Fsp3) is 0. The zero-order valence-corrected chi connectivity index (χ0v) is 10.5. The molecule has 2 aromatic carbocycles. The largest absolute Gasteiger partial charge is 0.438 e. The Bertz CT molecular complexity index is 997. The van der Waals surface area contributed by atoms with Gasteiger partial charge in [-0.3, -0.25) is 4.79 Å². The quantitative estimate of drug-likeness (QED) is 0.486. The van der Waals surface area contributed by atoms with E-state index in [1.807, 2.05) is 30.3 Å². The van der Waals surface area contributed by atoms with Crippen LogP contribution < -0.4 is 5.56 Å². The van der Waals surface area contributed by atoms with Gasteiger partial charge in [-0.25, -0.2) is 4.40 Å². The number of hydrogen-bond acceptors (Lipinski definition) is 2. The van der Waals surface area contributed by atoms with Gasteiger partial charge >= 0.3 is 0 Å². The molecule has 0 aliphatic carbocycles. The summed E-state index contributed by atoms with van der Waals surface area (Å²) in [6.07, 6.45) is 0. The molecule has 0 aliphatic heterocycles. The third-order valence-electron chi connectivity index (χ3n) is 3.27. The van der Waals surface area contributed by atoms with E-state index >= 15 is 0 Å². The van der Waals surface area contributed by atoms with Gasteiger partial charge in [0, 0.05) is 22.5 Å². The van der Waals surface area contributed by atoms with Crippen LogP contribution in [-0.2, 0) is 0 Å². The number of hydrogen-bond donors (Lipinski definition) is 0. The minimum atomic E-state index is -0.0748. The van der Waals surface area contributed by atoms with Crippen molar-refractivity contribution in [3.63, 3.8) is 0 Å². The third kappa shape index (κ3) is 1.42. The van der Waals surface area contributed by atoms with Gasteiger partial charge in [0.25, 0.3) is 5.56 Å². The van der Waals surface area contributed by atoms with Crippen molar-refractivity contribution in [1.82, 2.24) is 4.40 Å². The van der Waals surface area contributed by atoms with Crippen LogP contribution in [0.1, 0.15) is 0 Å². The normalized spacial score (nSPS) is 11.6. The van der Waals surface area contributed by atoms with E-state index in [0.29, 0.717) is 21.7 Å². The van der Waals surface area contributed by atoms with Crippen LogP contribution in [0.25, 0.3) is 27.6 Å². The number of aromatic nitrogens is 1. The fourth-order valence-electron chi connectivity index (χ4n) is 2.41. The molecule has 0 fully saturated rings. The SMILES string of the molecule is O=c1c2ccccc2cc2oc3cc(Cl)ccc3n12. The molecule has 0 spiro atoms. The number of fused-ring (bicyclic) bond motifs is 4. The Morgan fingerprint density at radius 1 is 1.05 bits per heavy atom. The van der Waals surface area contributed by atoms with Gasteiger partial charge in [0.05, 0.1) is 5.52 Å². The van der Waals surface area contributed by atoms with Crippen molar-refractivity contribution in [2.45, 2.75) is 0 Å². The van der Waals surface area contributed by atoms with Gasteiger partial charge in [0.15, 0.2) is 5.58 Å². The Morgan fingerprint density at radius 2 is 1.89 bits per heavy atom. The highest BCUT2D eigenvalue weighted by molar-refractivity contribution is 6.31. The first-order valence-electron chi connectivity index (χ1n) is 5.86. The van der Waals surface area contributed by atoms with Gasteiger partial charge in [-0.1, -0.05) is 29.8 Å². The molecule has 4 rings (SSSR count). The highest BCUT2D eigenvalue weighted by Gasteiger charge is 2.11. The molecule has 0 amide bonds. The van der Waals surface area contributed by atoms with Gasteiger partial charge in [-0.05, 0) is 23.6 Å². The van der Waals surface area contributed by atoms with Crippen molar-refractivity contribution in [3.8, 4) is 0 Å². The number of nitrogens with zero attached hydrogens (tertiary/aromatic N) is 1. The second-order valence-electron chi connectivity index (χ2n) is 4.42. The van der Waals surface area contributed by atoms with Gasteiger partial charge < -0.3 is 4.42 Å². The summed E-state index contributed by atoms with van der Waals surface area (Å²) in [6, 6.07) is 14.6. The summed E-state index contributed by atoms with van der Waals surface area (Å²) in [7, 11) is 0. The minimum Gasteiger partial charge on any atom is -0.438 e. The zero-order valence-electron chi connectivity index (χ0n) is 9.76. The molecule has 0 aliphatic rings. The molecule has 0 saturated carbocycles. The van der Waals surface area contributed by atoms with Crippen molar-refractivity contribution in [1.29, 1.82) is 0 Å². The third-order valence-corrected chi connectivity index (χ3v) is 3.51. The molecule has 0 N–H and O–H groups in total. The lowest BCUT2D eigenvalue weighted by atomic mass is 10.2. The van der Waals surface area contributed by atoms with Gasteiger partial charge in [0.2, 0.25) is 5.71 Å². The van der Waals surface area contributed by atoms with Gasteiger partial charge in [-0.15, -0.1) is 0 Å². The van der Waals surface area contributed by atoms with E-state index in [1.165, 1.54) is 0 Å². The maximum Gasteiger partial charge on any atom is 0.265 e. The molecule has 2 aromatic heterocycles. The van der Waals surface area contributed by atoms with Crippen molar-refractivity contribution in [2.24, 2.45) is 0 Å². The van der Waals surface area contributed by atoms with Crippen LogP contribution in [0.3, 0.4) is 0 Å². The van der Waals surface area contributed by atoms with E-state index in [0.717, 1.165) is 10.9 Å². The number of halogens is 1. The Labute approximate surface area is 112 Å². The first-order chi connectivity index (χ1) is 9.24. The molecule has 4 aromatic rings. The van der Waals surface area contributed by atoms with Crippen LogP contribution >= 0.6 is 11.6 Å². The topological polar surface area (TPSA) is 34.6 Å². The van der Waals surface area contributed by atoms with Crippen LogP contribution in [0.5, 0.6) is 0 Å². The second-order valence-corrected chi connectivity index (χ2v) is 4.86. The molecule has 4 heteroatoms. The maximum absolute atomic E-state index is 12.5. The molecule has 0 saturated heterocycles. The number of benzene rings is 2. The molecular weight excluding hydrogens is 262 g/mol. The molecule has 0 atom stereocenters. The predicted octanol–water partition coefficient (Wildman–Crippen LogP) is 3.85. The van der Waals surface area contributed by atoms with Crippen molar-refractivity contribution < 1.29 is 4.42 Å². The zero-order chi connectivity index (χ0) is 13.0. The van der Waals surface area contributed by atoms with E-state index in [4.69, 9.17) is 16.0 Å². The first kappa shape index (κ1) is 10.6. The second kappa shape index (κ2) is 3.62. The fourth-order valence-corrected chi connectivity index (χ4v) is 2.57. The van der Waals surface area contributed by atoms with E-state index in [-0.39, 0.29) is 5.56 Å². The van der Waals surface area contributed by atoms with Gasteiger partial charge in [0.1, 0.15) is 0 Å². The van der Waals surface area contributed by atoms with Crippen LogP contribution in [-0.4, -0.2) is 4.40 Å². The molecule has 0 bridgehead atoms. The van der Waals surface area contributed by atoms with Crippen LogP contribution in [0.4, 0.5) is 0 Å². The lowest BCUT2D eigenvalue weighted by Crippen LogP contribution is -2.11. The Balaban J connectivity index is 2.33. The highest BCUT2D eigenvalue weighted by Crippen LogP contribution is 2.24. The minimum absolute atomic E-state index is 0.0748. The Morgan fingerprint density at radius 3 is 2.79 bits per heavy atom. The van der Waals surface area contributed by atoms with Crippen LogP contribution in [0.15, 0.2) is 57.7 Å². The van der Waals surface area contributed by atoms with Crippen LogP contribution in [0, 0.1) is 0 Å². The number of rotatable bonds is 0. The number of pyridine rings is 1. The smallest absolute Gasteiger partial charge is 0.265 e. The average molecular weight is 270 g/mol. The summed E-state index contributed by atoms with van der Waals surface area (Å²) in [5.74, 6) is 0. The summed E-state index contributed by atoms with van der Waals surface area (Å²) in [5, 5.41) is 2.14. The monoisotopic (exact) mass is 269 g/mol. The van der Waals surface area contributed by atoms with Crippen LogP contribution in [0.2, 0.25) is 5.02 Å². The molecule has 3 nitrogen and oxygen atoms in total. The highest BCUT2D eigenvalue weighted by atomic mass is 35.5. The van der Waals surface area contributed by atoms with E-state index in [9.17, 15) is 4.79 Å². The Hall–Kier alpha value is -2.26. The molecular formula is C15H8ClNO2. The molecule has 19 heavy (non-hydrogen) atoms. The maximum atomic E-state index is 12.5. The van der Waals surface area contributed by atoms with Crippen molar-refractivity contribution in [3.05, 3.63) is 63.9 Å². The molecule has 92 valence electrons. The lowest BCUT2D eigenvalue weighted by Gasteiger charge is -1.98. The standard InChI is InChI=1S/C15H8ClNO2/c16-10-5-6-12-13(8-10)19-14-7-9-3-1-2-4-11(9)15(18)17(12)14/h1-8H. The first-order valence-corrected chi connectivity index (χ1v) is 6.24. The van der Waals surface area contributed by atoms with E-state index < -0.39 is 0 Å². The van der Waals surface area contributed by atoms with Gasteiger partial charge in [-0.2, -0.15) is 0 Å².